The smallest absolute Gasteiger partial charge is 0.411 e. The van der Waals surface area contributed by atoms with Gasteiger partial charge in [0.05, 0.1) is 19.8 Å². The van der Waals surface area contributed by atoms with Gasteiger partial charge in [-0.05, 0) is 41.8 Å². The molecule has 37 heavy (non-hydrogen) atoms. The molecule has 1 aliphatic heterocycles. The van der Waals surface area contributed by atoms with Gasteiger partial charge in [-0.25, -0.2) is 9.86 Å². The summed E-state index contributed by atoms with van der Waals surface area (Å²) in [7, 11) is 0.161. The minimum Gasteiger partial charge on any atom is -0.444 e. The summed E-state index contributed by atoms with van der Waals surface area (Å²) in [6, 6.07) is 20.3. The molecule has 8 heteroatoms. The highest BCUT2D eigenvalue weighted by molar-refractivity contribution is 6.99. The molecule has 2 aromatic carbocycles. The maximum Gasteiger partial charge on any atom is 0.411 e. The fourth-order valence-corrected chi connectivity index (χ4v) is 9.22. The largest absolute Gasteiger partial charge is 0.444 e. The third-order valence-electron chi connectivity index (χ3n) is 6.55. The van der Waals surface area contributed by atoms with E-state index < -0.39 is 26.1 Å². The van der Waals surface area contributed by atoms with Gasteiger partial charge in [-0.3, -0.25) is 14.5 Å². The van der Waals surface area contributed by atoms with Crippen LogP contribution < -0.4 is 10.4 Å². The summed E-state index contributed by atoms with van der Waals surface area (Å²) in [6.45, 7) is 12.7. The maximum absolute atomic E-state index is 13.0. The molecule has 0 saturated carbocycles. The zero-order valence-corrected chi connectivity index (χ0v) is 24.3. The molecule has 0 unspecified atom stereocenters. The number of benzene rings is 2. The molecular weight excluding hydrogens is 484 g/mol. The quantitative estimate of drug-likeness (QED) is 0.310. The molecule has 7 nitrogen and oxygen atoms in total. The van der Waals surface area contributed by atoms with Crippen LogP contribution in [0.15, 0.2) is 72.3 Å². The molecule has 0 bridgehead atoms. The summed E-state index contributed by atoms with van der Waals surface area (Å²) < 4.78 is 12.7. The van der Waals surface area contributed by atoms with Crippen molar-refractivity contribution in [3.63, 3.8) is 0 Å². The van der Waals surface area contributed by atoms with Gasteiger partial charge in [0.15, 0.2) is 0 Å². The molecule has 0 spiro atoms. The Labute approximate surface area is 222 Å². The zero-order valence-electron chi connectivity index (χ0n) is 23.3. The molecule has 0 radical (unpaired) electrons. The number of ether oxygens (including phenoxy) is 1. The second-order valence-electron chi connectivity index (χ2n) is 11.3. The minimum atomic E-state index is -2.83. The Kier molecular flexibility index (Phi) is 8.67. The van der Waals surface area contributed by atoms with Crippen LogP contribution in [0.25, 0.3) is 0 Å². The number of hydrogen-bond donors (Lipinski definition) is 0. The highest BCUT2D eigenvalue weighted by Crippen LogP contribution is 2.38. The Hall–Kier alpha value is -2.94. The predicted molar refractivity (Wildman–Crippen MR) is 148 cm³/mol. The van der Waals surface area contributed by atoms with Crippen molar-refractivity contribution in [2.24, 2.45) is 0 Å². The zero-order chi connectivity index (χ0) is 27.4. The highest BCUT2D eigenvalue weighted by atomic mass is 28.4. The lowest BCUT2D eigenvalue weighted by Crippen LogP contribution is -2.68. The fourth-order valence-electron chi connectivity index (χ4n) is 4.66. The minimum absolute atomic E-state index is 0.216. The Balaban J connectivity index is 2.03. The Morgan fingerprint density at radius 2 is 1.49 bits per heavy atom. The number of nitrogens with zero attached hydrogens (tertiary/aromatic N) is 2. The van der Waals surface area contributed by atoms with Crippen LogP contribution >= 0.6 is 0 Å². The lowest BCUT2D eigenvalue weighted by atomic mass is 9.96. The molecule has 1 atom stereocenters. The van der Waals surface area contributed by atoms with E-state index in [1.807, 2.05) is 57.2 Å². The Morgan fingerprint density at radius 3 is 1.92 bits per heavy atom. The summed E-state index contributed by atoms with van der Waals surface area (Å²) in [4.78, 5) is 32.3. The van der Waals surface area contributed by atoms with Crippen LogP contribution in [0.1, 0.15) is 41.5 Å². The number of likely N-dealkylation sites (tertiary alicyclic amines) is 1. The van der Waals surface area contributed by atoms with Gasteiger partial charge >= 0.3 is 6.09 Å². The van der Waals surface area contributed by atoms with Gasteiger partial charge in [0, 0.05) is 19.7 Å². The molecule has 1 fully saturated rings. The number of likely N-dealkylation sites (N-methyl/N-ethyl adjacent to an activating group) is 1. The highest BCUT2D eigenvalue weighted by Gasteiger charge is 2.51. The van der Waals surface area contributed by atoms with Crippen LogP contribution in [-0.4, -0.2) is 69.2 Å². The summed E-state index contributed by atoms with van der Waals surface area (Å²) in [6.07, 6.45) is 1.11. The summed E-state index contributed by atoms with van der Waals surface area (Å²) in [5, 5.41) is 3.24. The molecule has 1 saturated heterocycles. The Bertz CT molecular complexity index is 1070. The molecule has 0 N–H and O–H groups in total. The monoisotopic (exact) mass is 524 g/mol. The third kappa shape index (κ3) is 6.31. The Morgan fingerprint density at radius 1 is 0.973 bits per heavy atom. The van der Waals surface area contributed by atoms with Crippen LogP contribution in [-0.2, 0) is 18.8 Å². The first-order valence-corrected chi connectivity index (χ1v) is 14.5. The molecule has 1 aliphatic rings. The van der Waals surface area contributed by atoms with Crippen molar-refractivity contribution in [3.05, 3.63) is 72.3 Å². The van der Waals surface area contributed by atoms with E-state index in [-0.39, 0.29) is 17.6 Å². The molecule has 1 heterocycles. The summed E-state index contributed by atoms with van der Waals surface area (Å²) in [5.41, 5.74) is 0.171. The molecule has 2 amide bonds. The standard InChI is InChI=1S/C29H40N2O5Si/c1-28(2,3)36-27(33)31-20-22(19-26(32)30(7)34-8)25(31)21-35-37(29(4,5)6,23-15-11-9-12-16-23)24-17-13-10-14-18-24/h9-19,25H,20-21H2,1-8H3/b22-19-/t25-/m1/s1. The molecule has 3 rings (SSSR count). The first-order valence-electron chi connectivity index (χ1n) is 12.6. The van der Waals surface area contributed by atoms with Crippen LogP contribution in [0.2, 0.25) is 5.04 Å². The topological polar surface area (TPSA) is 68.3 Å². The fraction of sp³-hybridized carbons (Fsp3) is 0.448. The normalized spacial score (nSPS) is 17.4. The molecule has 0 aliphatic carbocycles. The van der Waals surface area contributed by atoms with E-state index in [1.54, 1.807) is 11.9 Å². The number of amides is 2. The number of hydrogen-bond acceptors (Lipinski definition) is 5. The number of hydroxylamine groups is 2. The molecule has 2 aromatic rings. The van der Waals surface area contributed by atoms with Crippen molar-refractivity contribution in [2.75, 3.05) is 27.3 Å². The van der Waals surface area contributed by atoms with Gasteiger partial charge in [-0.15, -0.1) is 0 Å². The van der Waals surface area contributed by atoms with Gasteiger partial charge in [0.2, 0.25) is 0 Å². The van der Waals surface area contributed by atoms with E-state index in [2.05, 4.69) is 45.0 Å². The average molecular weight is 525 g/mol. The lowest BCUT2D eigenvalue weighted by Gasteiger charge is -2.48. The first-order chi connectivity index (χ1) is 17.3. The van der Waals surface area contributed by atoms with Gasteiger partial charge in [0.1, 0.15) is 5.60 Å². The van der Waals surface area contributed by atoms with Crippen molar-refractivity contribution < 1.29 is 23.6 Å². The van der Waals surface area contributed by atoms with Crippen molar-refractivity contribution in [3.8, 4) is 0 Å². The summed E-state index contributed by atoms with van der Waals surface area (Å²) in [5.74, 6) is -0.295. The van der Waals surface area contributed by atoms with Crippen LogP contribution in [0.5, 0.6) is 0 Å². The van der Waals surface area contributed by atoms with Crippen LogP contribution in [0, 0.1) is 0 Å². The van der Waals surface area contributed by atoms with Crippen molar-refractivity contribution in [1.29, 1.82) is 0 Å². The van der Waals surface area contributed by atoms with Gasteiger partial charge < -0.3 is 9.16 Å². The first kappa shape index (κ1) is 28.6. The summed E-state index contributed by atoms with van der Waals surface area (Å²) >= 11 is 0. The molecule has 200 valence electrons. The van der Waals surface area contributed by atoms with Gasteiger partial charge in [-0.2, -0.15) is 0 Å². The third-order valence-corrected chi connectivity index (χ3v) is 11.6. The number of rotatable bonds is 7. The van der Waals surface area contributed by atoms with E-state index in [4.69, 9.17) is 14.0 Å². The SMILES string of the molecule is CON(C)C(=O)/C=C1/CN(C(=O)OC(C)(C)C)[C@@H]1CO[Si](c1ccccc1)(c1ccccc1)C(C)(C)C. The molecular formula is C29H40N2O5Si. The van der Waals surface area contributed by atoms with Crippen molar-refractivity contribution in [2.45, 2.75) is 58.2 Å². The van der Waals surface area contributed by atoms with Crippen LogP contribution in [0.4, 0.5) is 4.79 Å². The van der Waals surface area contributed by atoms with E-state index >= 15 is 0 Å². The predicted octanol–water partition coefficient (Wildman–Crippen LogP) is 4.13. The maximum atomic E-state index is 13.0. The second-order valence-corrected chi connectivity index (χ2v) is 15.6. The van der Waals surface area contributed by atoms with Gasteiger partial charge in [0.25, 0.3) is 14.2 Å². The van der Waals surface area contributed by atoms with E-state index in [9.17, 15) is 9.59 Å². The van der Waals surface area contributed by atoms with E-state index in [0.29, 0.717) is 6.54 Å². The van der Waals surface area contributed by atoms with Crippen LogP contribution in [0.3, 0.4) is 0 Å². The van der Waals surface area contributed by atoms with E-state index in [1.165, 1.54) is 13.2 Å². The second kappa shape index (κ2) is 11.2. The lowest BCUT2D eigenvalue weighted by molar-refractivity contribution is -0.162. The average Bonchev–Trinajstić information content (AvgIpc) is 2.82. The number of carbonyl (C=O) groups is 2. The molecule has 0 aromatic heterocycles. The van der Waals surface area contributed by atoms with Gasteiger partial charge in [-0.1, -0.05) is 81.4 Å². The van der Waals surface area contributed by atoms with E-state index in [0.717, 1.165) is 21.0 Å². The van der Waals surface area contributed by atoms with Crippen molar-refractivity contribution >= 4 is 30.7 Å². The van der Waals surface area contributed by atoms with Crippen molar-refractivity contribution in [1.82, 2.24) is 9.96 Å². The number of carbonyl (C=O) groups excluding carboxylic acids is 2.